The van der Waals surface area contributed by atoms with E-state index < -0.39 is 10.0 Å². The number of methoxy groups -OCH3 is 1. The van der Waals surface area contributed by atoms with Crippen LogP contribution in [0.1, 0.15) is 20.3 Å². The highest BCUT2D eigenvalue weighted by Crippen LogP contribution is 2.27. The molecule has 118 valence electrons. The molecular weight excluding hydrogens is 312 g/mol. The Morgan fingerprint density at radius 2 is 2.14 bits per heavy atom. The third-order valence-electron chi connectivity index (χ3n) is 3.71. The van der Waals surface area contributed by atoms with Crippen LogP contribution in [0.15, 0.2) is 23.1 Å². The predicted molar refractivity (Wildman–Crippen MR) is 83.4 cm³/mol. The Bertz CT molecular complexity index is 604. The molecule has 0 bridgehead atoms. The van der Waals surface area contributed by atoms with E-state index in [1.807, 2.05) is 0 Å². The number of hydrogen-bond donors (Lipinski definition) is 2. The molecule has 1 aromatic carbocycles. The van der Waals surface area contributed by atoms with Gasteiger partial charge in [-0.3, -0.25) is 0 Å². The Kier molecular flexibility index (Phi) is 5.14. The average molecular weight is 333 g/mol. The predicted octanol–water partition coefficient (Wildman–Crippen LogP) is 2.01. The molecule has 5 nitrogen and oxygen atoms in total. The maximum atomic E-state index is 12.5. The minimum atomic E-state index is -3.66. The van der Waals surface area contributed by atoms with Crippen molar-refractivity contribution in [2.45, 2.75) is 37.2 Å². The molecule has 1 aliphatic rings. The molecule has 0 aromatic heterocycles. The zero-order valence-corrected chi connectivity index (χ0v) is 14.0. The van der Waals surface area contributed by atoms with Gasteiger partial charge in [0.2, 0.25) is 10.0 Å². The average Bonchev–Trinajstić information content (AvgIpc) is 2.86. The van der Waals surface area contributed by atoms with Gasteiger partial charge in [-0.2, -0.15) is 0 Å². The van der Waals surface area contributed by atoms with E-state index in [9.17, 15) is 8.42 Å². The standard InChI is InChI=1S/C14H21ClN2O3S/c1-9(2)12-7-11(8-16-12)17-21(18,19)14-6-10(15)4-5-13(14)20-3/h4-6,9,11-12,16-17H,7-8H2,1-3H3/t11-,12-/m1/s1. The van der Waals surface area contributed by atoms with Crippen LogP contribution in [0.25, 0.3) is 0 Å². The van der Waals surface area contributed by atoms with Crippen LogP contribution in [0.4, 0.5) is 0 Å². The van der Waals surface area contributed by atoms with Crippen LogP contribution in [0.2, 0.25) is 5.02 Å². The lowest BCUT2D eigenvalue weighted by Gasteiger charge is -2.16. The Morgan fingerprint density at radius 1 is 1.43 bits per heavy atom. The van der Waals surface area contributed by atoms with Crippen molar-refractivity contribution in [1.29, 1.82) is 0 Å². The van der Waals surface area contributed by atoms with Gasteiger partial charge in [0.1, 0.15) is 10.6 Å². The van der Waals surface area contributed by atoms with Crippen molar-refractivity contribution in [2.75, 3.05) is 13.7 Å². The van der Waals surface area contributed by atoms with Crippen LogP contribution in [-0.2, 0) is 10.0 Å². The number of hydrogen-bond acceptors (Lipinski definition) is 4. The fourth-order valence-electron chi connectivity index (χ4n) is 2.51. The number of ether oxygens (including phenoxy) is 1. The normalized spacial score (nSPS) is 22.7. The summed E-state index contributed by atoms with van der Waals surface area (Å²) >= 11 is 5.90. The van der Waals surface area contributed by atoms with Gasteiger partial charge < -0.3 is 10.1 Å². The smallest absolute Gasteiger partial charge is 0.244 e. The van der Waals surface area contributed by atoms with Crippen molar-refractivity contribution >= 4 is 21.6 Å². The number of rotatable bonds is 5. The molecule has 1 fully saturated rings. The monoisotopic (exact) mass is 332 g/mol. The van der Waals surface area contributed by atoms with Crippen LogP contribution in [0.5, 0.6) is 5.75 Å². The molecule has 1 aliphatic heterocycles. The number of sulfonamides is 1. The van der Waals surface area contributed by atoms with Gasteiger partial charge in [-0.25, -0.2) is 13.1 Å². The molecule has 2 N–H and O–H groups in total. The molecule has 1 heterocycles. The van der Waals surface area contributed by atoms with E-state index in [1.165, 1.54) is 13.2 Å². The minimum absolute atomic E-state index is 0.0745. The van der Waals surface area contributed by atoms with Gasteiger partial charge in [-0.05, 0) is 30.5 Å². The van der Waals surface area contributed by atoms with E-state index in [0.29, 0.717) is 29.3 Å². The van der Waals surface area contributed by atoms with E-state index in [0.717, 1.165) is 6.42 Å². The third-order valence-corrected chi connectivity index (χ3v) is 5.48. The van der Waals surface area contributed by atoms with Gasteiger partial charge in [0.25, 0.3) is 0 Å². The first-order chi connectivity index (χ1) is 9.83. The second-order valence-electron chi connectivity index (χ2n) is 5.61. The fourth-order valence-corrected chi connectivity index (χ4v) is 4.19. The van der Waals surface area contributed by atoms with Gasteiger partial charge in [0, 0.05) is 23.7 Å². The molecular formula is C14H21ClN2O3S. The van der Waals surface area contributed by atoms with Gasteiger partial charge in [-0.15, -0.1) is 0 Å². The molecule has 0 aliphatic carbocycles. The number of halogens is 1. The lowest BCUT2D eigenvalue weighted by atomic mass is 10.0. The summed E-state index contributed by atoms with van der Waals surface area (Å²) in [5, 5.41) is 3.70. The summed E-state index contributed by atoms with van der Waals surface area (Å²) < 4.78 is 32.9. The van der Waals surface area contributed by atoms with Crippen LogP contribution >= 0.6 is 11.6 Å². The summed E-state index contributed by atoms with van der Waals surface area (Å²) in [6.07, 6.45) is 0.778. The Morgan fingerprint density at radius 3 is 2.71 bits per heavy atom. The van der Waals surface area contributed by atoms with Crippen molar-refractivity contribution < 1.29 is 13.2 Å². The molecule has 0 radical (unpaired) electrons. The van der Waals surface area contributed by atoms with E-state index >= 15 is 0 Å². The lowest BCUT2D eigenvalue weighted by molar-refractivity contribution is 0.402. The highest BCUT2D eigenvalue weighted by atomic mass is 35.5. The van der Waals surface area contributed by atoms with Crippen molar-refractivity contribution in [1.82, 2.24) is 10.0 Å². The van der Waals surface area contributed by atoms with E-state index in [2.05, 4.69) is 23.9 Å². The fraction of sp³-hybridized carbons (Fsp3) is 0.571. The molecule has 1 saturated heterocycles. The molecule has 0 unspecified atom stereocenters. The minimum Gasteiger partial charge on any atom is -0.495 e. The summed E-state index contributed by atoms with van der Waals surface area (Å²) in [6, 6.07) is 4.78. The Hall–Kier alpha value is -0.820. The SMILES string of the molecule is COc1ccc(Cl)cc1S(=O)(=O)N[C@H]1CN[C@@H](C(C)C)C1. The molecule has 0 saturated carbocycles. The van der Waals surface area contributed by atoms with E-state index in [1.54, 1.807) is 12.1 Å². The summed E-state index contributed by atoms with van der Waals surface area (Å²) in [7, 11) is -2.22. The first-order valence-electron chi connectivity index (χ1n) is 6.92. The summed E-state index contributed by atoms with van der Waals surface area (Å²) in [5.74, 6) is 0.762. The molecule has 7 heteroatoms. The zero-order chi connectivity index (χ0) is 15.6. The quantitative estimate of drug-likeness (QED) is 0.865. The van der Waals surface area contributed by atoms with Gasteiger partial charge in [0.05, 0.1) is 7.11 Å². The van der Waals surface area contributed by atoms with Gasteiger partial charge in [-0.1, -0.05) is 25.4 Å². The summed E-state index contributed by atoms with van der Waals surface area (Å²) in [6.45, 7) is 4.87. The number of nitrogens with one attached hydrogen (secondary N) is 2. The first kappa shape index (κ1) is 16.5. The van der Waals surface area contributed by atoms with Gasteiger partial charge >= 0.3 is 0 Å². The maximum absolute atomic E-state index is 12.5. The van der Waals surface area contributed by atoms with E-state index in [-0.39, 0.29) is 10.9 Å². The second-order valence-corrected chi connectivity index (χ2v) is 7.73. The zero-order valence-electron chi connectivity index (χ0n) is 12.4. The van der Waals surface area contributed by atoms with E-state index in [4.69, 9.17) is 16.3 Å². The van der Waals surface area contributed by atoms with Crippen molar-refractivity contribution in [3.8, 4) is 5.75 Å². The molecule has 2 atom stereocenters. The van der Waals surface area contributed by atoms with Gasteiger partial charge in [0.15, 0.2) is 0 Å². The second kappa shape index (κ2) is 6.52. The molecule has 1 aromatic rings. The first-order valence-corrected chi connectivity index (χ1v) is 8.79. The Balaban J connectivity index is 2.18. The van der Waals surface area contributed by atoms with Crippen molar-refractivity contribution in [3.05, 3.63) is 23.2 Å². The van der Waals surface area contributed by atoms with Crippen molar-refractivity contribution in [3.63, 3.8) is 0 Å². The van der Waals surface area contributed by atoms with Crippen LogP contribution in [0.3, 0.4) is 0 Å². The molecule has 2 rings (SSSR count). The summed E-state index contributed by atoms with van der Waals surface area (Å²) in [5.41, 5.74) is 0. The lowest BCUT2D eigenvalue weighted by Crippen LogP contribution is -2.36. The highest BCUT2D eigenvalue weighted by molar-refractivity contribution is 7.89. The third kappa shape index (κ3) is 3.88. The maximum Gasteiger partial charge on any atom is 0.244 e. The van der Waals surface area contributed by atoms with Crippen LogP contribution < -0.4 is 14.8 Å². The number of benzene rings is 1. The molecule has 21 heavy (non-hydrogen) atoms. The summed E-state index contributed by atoms with van der Waals surface area (Å²) in [4.78, 5) is 0.0745. The molecule has 0 amide bonds. The highest BCUT2D eigenvalue weighted by Gasteiger charge is 2.31. The van der Waals surface area contributed by atoms with Crippen LogP contribution in [0, 0.1) is 5.92 Å². The Labute approximate surface area is 131 Å². The largest absolute Gasteiger partial charge is 0.495 e. The topological polar surface area (TPSA) is 67.4 Å². The van der Waals surface area contributed by atoms with Crippen molar-refractivity contribution in [2.24, 2.45) is 5.92 Å². The molecule has 0 spiro atoms. The van der Waals surface area contributed by atoms with Crippen LogP contribution in [-0.4, -0.2) is 34.2 Å².